The number of hydrogen-bond donors (Lipinski definition) is 1. The van der Waals surface area contributed by atoms with E-state index in [0.717, 1.165) is 18.6 Å². The molecule has 19 heavy (non-hydrogen) atoms. The van der Waals surface area contributed by atoms with Gasteiger partial charge in [0.1, 0.15) is 0 Å². The molecule has 0 heterocycles. The minimum Gasteiger partial charge on any atom is -0.488 e. The second kappa shape index (κ2) is 6.85. The molecule has 0 spiro atoms. The van der Waals surface area contributed by atoms with E-state index in [1.165, 1.54) is 31.7 Å². The smallest absolute Gasteiger partial charge is 0.173 e. The fraction of sp³-hybridized carbons (Fsp3) is 0.600. The van der Waals surface area contributed by atoms with Gasteiger partial charge in [-0.3, -0.25) is 0 Å². The molecule has 1 aromatic carbocycles. The van der Waals surface area contributed by atoms with E-state index in [1.54, 1.807) is 12.1 Å². The Balaban J connectivity index is 2.06. The van der Waals surface area contributed by atoms with Gasteiger partial charge in [-0.05, 0) is 30.7 Å². The van der Waals surface area contributed by atoms with Crippen LogP contribution in [-0.2, 0) is 0 Å². The van der Waals surface area contributed by atoms with E-state index in [-0.39, 0.29) is 11.2 Å². The second-order valence-corrected chi connectivity index (χ2v) is 6.14. The Labute approximate surface area is 124 Å². The van der Waals surface area contributed by atoms with Crippen LogP contribution in [-0.4, -0.2) is 12.4 Å². The molecule has 0 aliphatic heterocycles. The van der Waals surface area contributed by atoms with Crippen LogP contribution in [0.1, 0.15) is 38.5 Å². The molecule has 0 aromatic heterocycles. The molecule has 0 unspecified atom stereocenters. The van der Waals surface area contributed by atoms with Gasteiger partial charge in [0, 0.05) is 5.41 Å². The third kappa shape index (κ3) is 3.79. The maximum atomic E-state index is 13.7. The molecule has 2 rings (SSSR count). The second-order valence-electron chi connectivity index (χ2n) is 5.41. The summed E-state index contributed by atoms with van der Waals surface area (Å²) in [6, 6.07) is 4.62. The molecule has 1 saturated carbocycles. The van der Waals surface area contributed by atoms with Crippen molar-refractivity contribution in [2.75, 3.05) is 12.4 Å². The molecule has 1 nitrogen and oxygen atoms in total. The number of rotatable bonds is 4. The number of halogens is 2. The quantitative estimate of drug-likeness (QED) is 0.599. The zero-order chi connectivity index (χ0) is 13.7. The Morgan fingerprint density at radius 1 is 1.21 bits per heavy atom. The molecule has 106 valence electrons. The summed E-state index contributed by atoms with van der Waals surface area (Å²) >= 11 is 10.5. The standard InChI is InChI=1S/C15H20ClFOS/c16-12-6-5-7-13(17)14(12)18-10-15(11-19)8-3-1-2-4-9-15/h5-7,19H,1-4,8-11H2. The Hall–Kier alpha value is -0.410. The van der Waals surface area contributed by atoms with Gasteiger partial charge in [-0.2, -0.15) is 12.6 Å². The van der Waals surface area contributed by atoms with Crippen molar-refractivity contribution in [3.8, 4) is 5.75 Å². The summed E-state index contributed by atoms with van der Waals surface area (Å²) in [6.07, 6.45) is 7.15. The average molecular weight is 303 g/mol. The van der Waals surface area contributed by atoms with E-state index in [4.69, 9.17) is 16.3 Å². The number of hydrogen-bond acceptors (Lipinski definition) is 2. The fourth-order valence-electron chi connectivity index (χ4n) is 2.67. The van der Waals surface area contributed by atoms with Crippen LogP contribution in [0.3, 0.4) is 0 Å². The molecule has 0 radical (unpaired) electrons. The molecular formula is C15H20ClFOS. The molecule has 0 atom stereocenters. The molecule has 4 heteroatoms. The van der Waals surface area contributed by atoms with Gasteiger partial charge in [-0.1, -0.05) is 43.4 Å². The van der Waals surface area contributed by atoms with E-state index < -0.39 is 5.82 Å². The Morgan fingerprint density at radius 3 is 2.47 bits per heavy atom. The number of thiol groups is 1. The van der Waals surface area contributed by atoms with E-state index in [0.29, 0.717) is 11.6 Å². The summed E-state index contributed by atoms with van der Waals surface area (Å²) in [5.41, 5.74) is 0.0607. The maximum absolute atomic E-state index is 13.7. The zero-order valence-electron chi connectivity index (χ0n) is 11.0. The molecule has 1 aliphatic carbocycles. The first-order valence-electron chi connectivity index (χ1n) is 6.85. The molecule has 0 amide bonds. The van der Waals surface area contributed by atoms with Gasteiger partial charge in [0.2, 0.25) is 0 Å². The number of benzene rings is 1. The van der Waals surface area contributed by atoms with Crippen molar-refractivity contribution in [2.45, 2.75) is 38.5 Å². The van der Waals surface area contributed by atoms with Crippen LogP contribution >= 0.6 is 24.2 Å². The van der Waals surface area contributed by atoms with Crippen molar-refractivity contribution in [2.24, 2.45) is 5.41 Å². The van der Waals surface area contributed by atoms with Gasteiger partial charge in [0.15, 0.2) is 11.6 Å². The maximum Gasteiger partial charge on any atom is 0.173 e. The van der Waals surface area contributed by atoms with Crippen LogP contribution in [0.4, 0.5) is 4.39 Å². The molecule has 1 aliphatic rings. The Morgan fingerprint density at radius 2 is 1.89 bits per heavy atom. The first kappa shape index (κ1) is 15.0. The highest BCUT2D eigenvalue weighted by Crippen LogP contribution is 2.38. The average Bonchev–Trinajstić information content (AvgIpc) is 2.64. The van der Waals surface area contributed by atoms with Crippen molar-refractivity contribution in [3.63, 3.8) is 0 Å². The van der Waals surface area contributed by atoms with Crippen molar-refractivity contribution in [1.29, 1.82) is 0 Å². The van der Waals surface area contributed by atoms with E-state index >= 15 is 0 Å². The van der Waals surface area contributed by atoms with Crippen LogP contribution in [0.25, 0.3) is 0 Å². The largest absolute Gasteiger partial charge is 0.488 e. The summed E-state index contributed by atoms with van der Waals surface area (Å²) in [7, 11) is 0. The topological polar surface area (TPSA) is 9.23 Å². The van der Waals surface area contributed by atoms with Crippen LogP contribution in [0, 0.1) is 11.2 Å². The predicted molar refractivity (Wildman–Crippen MR) is 80.9 cm³/mol. The van der Waals surface area contributed by atoms with Crippen LogP contribution in [0.15, 0.2) is 18.2 Å². The molecule has 1 fully saturated rings. The van der Waals surface area contributed by atoms with Crippen molar-refractivity contribution in [3.05, 3.63) is 29.0 Å². The normalized spacial score (nSPS) is 18.9. The summed E-state index contributed by atoms with van der Waals surface area (Å²) in [5, 5.41) is 0.336. The summed E-state index contributed by atoms with van der Waals surface area (Å²) in [6.45, 7) is 0.497. The fourth-order valence-corrected chi connectivity index (χ4v) is 3.30. The summed E-state index contributed by atoms with van der Waals surface area (Å²) in [5.74, 6) is 0.559. The minimum absolute atomic E-state index is 0.0607. The Kier molecular flexibility index (Phi) is 5.40. The van der Waals surface area contributed by atoms with Crippen molar-refractivity contribution in [1.82, 2.24) is 0 Å². The molecular weight excluding hydrogens is 283 g/mol. The highest BCUT2D eigenvalue weighted by Gasteiger charge is 2.31. The van der Waals surface area contributed by atoms with Gasteiger partial charge in [-0.25, -0.2) is 4.39 Å². The third-order valence-electron chi connectivity index (χ3n) is 3.94. The van der Waals surface area contributed by atoms with Crippen LogP contribution in [0.2, 0.25) is 5.02 Å². The number of ether oxygens (including phenoxy) is 1. The SMILES string of the molecule is Fc1cccc(Cl)c1OCC1(CS)CCCCCC1. The molecule has 0 saturated heterocycles. The first-order valence-corrected chi connectivity index (χ1v) is 7.86. The van der Waals surface area contributed by atoms with Crippen molar-refractivity contribution < 1.29 is 9.13 Å². The lowest BCUT2D eigenvalue weighted by Gasteiger charge is -2.31. The monoisotopic (exact) mass is 302 g/mol. The van der Waals surface area contributed by atoms with Gasteiger partial charge in [-0.15, -0.1) is 0 Å². The summed E-state index contributed by atoms with van der Waals surface area (Å²) in [4.78, 5) is 0. The highest BCUT2D eigenvalue weighted by atomic mass is 35.5. The van der Waals surface area contributed by atoms with E-state index in [1.807, 2.05) is 0 Å². The lowest BCUT2D eigenvalue weighted by atomic mass is 9.83. The molecule has 0 N–H and O–H groups in total. The lowest BCUT2D eigenvalue weighted by molar-refractivity contribution is 0.144. The molecule has 0 bridgehead atoms. The van der Waals surface area contributed by atoms with Crippen LogP contribution in [0.5, 0.6) is 5.75 Å². The van der Waals surface area contributed by atoms with E-state index in [9.17, 15) is 4.39 Å². The van der Waals surface area contributed by atoms with Gasteiger partial charge in [0.25, 0.3) is 0 Å². The molecule has 1 aromatic rings. The van der Waals surface area contributed by atoms with Crippen LogP contribution < -0.4 is 4.74 Å². The zero-order valence-corrected chi connectivity index (χ0v) is 12.7. The summed E-state index contributed by atoms with van der Waals surface area (Å²) < 4.78 is 19.4. The van der Waals surface area contributed by atoms with Gasteiger partial charge in [0.05, 0.1) is 11.6 Å². The Bertz CT molecular complexity index is 396. The number of para-hydroxylation sites is 1. The third-order valence-corrected chi connectivity index (χ3v) is 4.91. The van der Waals surface area contributed by atoms with Crippen molar-refractivity contribution >= 4 is 24.2 Å². The first-order chi connectivity index (χ1) is 9.17. The highest BCUT2D eigenvalue weighted by molar-refractivity contribution is 7.80. The van der Waals surface area contributed by atoms with Gasteiger partial charge < -0.3 is 4.74 Å². The van der Waals surface area contributed by atoms with E-state index in [2.05, 4.69) is 12.6 Å². The van der Waals surface area contributed by atoms with Gasteiger partial charge >= 0.3 is 0 Å². The minimum atomic E-state index is -0.393. The lowest BCUT2D eigenvalue weighted by Crippen LogP contribution is -2.30. The predicted octanol–water partition coefficient (Wildman–Crippen LogP) is 5.13.